The van der Waals surface area contributed by atoms with Gasteiger partial charge in [0.15, 0.2) is 0 Å². The molecule has 0 saturated heterocycles. The number of anilines is 3. The standard InChI is InChI=1S/C12H13N5O3/c1-6-3-4-8(5-9(6)14-7(2)18)15-12(19)10-11(13)17-20-16-10/h3-5H,1-2H3,(H2,13,17)(H,14,18)(H,15,19). The van der Waals surface area contributed by atoms with Crippen molar-refractivity contribution in [1.29, 1.82) is 0 Å². The molecule has 1 aromatic heterocycles. The van der Waals surface area contributed by atoms with E-state index in [1.54, 1.807) is 18.2 Å². The first kappa shape index (κ1) is 13.5. The third-order valence-electron chi connectivity index (χ3n) is 2.54. The number of hydrogen-bond donors (Lipinski definition) is 3. The number of aryl methyl sites for hydroxylation is 1. The zero-order chi connectivity index (χ0) is 14.7. The van der Waals surface area contributed by atoms with Crippen LogP contribution in [0.15, 0.2) is 22.8 Å². The minimum Gasteiger partial charge on any atom is -0.379 e. The van der Waals surface area contributed by atoms with Gasteiger partial charge < -0.3 is 16.4 Å². The van der Waals surface area contributed by atoms with Crippen molar-refractivity contribution in [3.8, 4) is 0 Å². The van der Waals surface area contributed by atoms with E-state index in [1.165, 1.54) is 6.92 Å². The summed E-state index contributed by atoms with van der Waals surface area (Å²) in [5.41, 5.74) is 7.32. The number of nitrogen functional groups attached to an aromatic ring is 1. The van der Waals surface area contributed by atoms with Crippen LogP contribution in [0.2, 0.25) is 0 Å². The van der Waals surface area contributed by atoms with Crippen molar-refractivity contribution < 1.29 is 14.2 Å². The van der Waals surface area contributed by atoms with E-state index in [1.807, 2.05) is 6.92 Å². The fourth-order valence-corrected chi connectivity index (χ4v) is 1.57. The molecule has 0 spiro atoms. The van der Waals surface area contributed by atoms with Crippen LogP contribution in [0, 0.1) is 6.92 Å². The number of carbonyl (C=O) groups is 2. The monoisotopic (exact) mass is 275 g/mol. The van der Waals surface area contributed by atoms with Crippen LogP contribution in [0.25, 0.3) is 0 Å². The SMILES string of the molecule is CC(=O)Nc1cc(NC(=O)c2nonc2N)ccc1C. The summed E-state index contributed by atoms with van der Waals surface area (Å²) < 4.78 is 4.36. The fraction of sp³-hybridized carbons (Fsp3) is 0.167. The molecule has 0 aliphatic heterocycles. The van der Waals surface area contributed by atoms with Gasteiger partial charge in [-0.05, 0) is 34.9 Å². The molecule has 104 valence electrons. The third-order valence-corrected chi connectivity index (χ3v) is 2.54. The molecule has 0 radical (unpaired) electrons. The summed E-state index contributed by atoms with van der Waals surface area (Å²) >= 11 is 0. The first-order valence-electron chi connectivity index (χ1n) is 5.75. The number of nitrogens with one attached hydrogen (secondary N) is 2. The number of aromatic nitrogens is 2. The molecule has 2 rings (SSSR count). The van der Waals surface area contributed by atoms with Crippen molar-refractivity contribution in [1.82, 2.24) is 10.3 Å². The van der Waals surface area contributed by atoms with Gasteiger partial charge in [0.2, 0.25) is 17.4 Å². The number of rotatable bonds is 3. The molecule has 0 bridgehead atoms. The van der Waals surface area contributed by atoms with Crippen molar-refractivity contribution in [2.75, 3.05) is 16.4 Å². The van der Waals surface area contributed by atoms with Crippen LogP contribution >= 0.6 is 0 Å². The molecule has 0 fully saturated rings. The van der Waals surface area contributed by atoms with E-state index >= 15 is 0 Å². The average Bonchev–Trinajstić information content (AvgIpc) is 2.79. The minimum absolute atomic E-state index is 0.0864. The van der Waals surface area contributed by atoms with Gasteiger partial charge in [-0.15, -0.1) is 0 Å². The molecule has 0 saturated carbocycles. The first-order chi connectivity index (χ1) is 9.47. The quantitative estimate of drug-likeness (QED) is 0.772. The first-order valence-corrected chi connectivity index (χ1v) is 5.75. The van der Waals surface area contributed by atoms with Gasteiger partial charge in [0.25, 0.3) is 5.91 Å². The van der Waals surface area contributed by atoms with Gasteiger partial charge in [-0.25, -0.2) is 4.63 Å². The Labute approximate surface area is 114 Å². The maximum atomic E-state index is 11.9. The molecule has 0 unspecified atom stereocenters. The van der Waals surface area contributed by atoms with E-state index in [0.717, 1.165) is 5.56 Å². The predicted molar refractivity (Wildman–Crippen MR) is 72.1 cm³/mol. The summed E-state index contributed by atoms with van der Waals surface area (Å²) in [7, 11) is 0. The maximum Gasteiger partial charge on any atom is 0.281 e. The molecular formula is C12H13N5O3. The van der Waals surface area contributed by atoms with Crippen LogP contribution < -0.4 is 16.4 Å². The predicted octanol–water partition coefficient (Wildman–Crippen LogP) is 1.17. The van der Waals surface area contributed by atoms with E-state index in [0.29, 0.717) is 11.4 Å². The highest BCUT2D eigenvalue weighted by molar-refractivity contribution is 6.05. The molecule has 20 heavy (non-hydrogen) atoms. The molecule has 2 amide bonds. The zero-order valence-corrected chi connectivity index (χ0v) is 10.9. The van der Waals surface area contributed by atoms with Crippen molar-refractivity contribution in [3.05, 3.63) is 29.5 Å². The summed E-state index contributed by atoms with van der Waals surface area (Å²) in [6.45, 7) is 3.25. The molecule has 8 heteroatoms. The lowest BCUT2D eigenvalue weighted by molar-refractivity contribution is -0.114. The van der Waals surface area contributed by atoms with Crippen LogP contribution in [-0.4, -0.2) is 22.1 Å². The Hall–Kier alpha value is -2.90. The summed E-state index contributed by atoms with van der Waals surface area (Å²) in [5, 5.41) is 12.0. The lowest BCUT2D eigenvalue weighted by atomic mass is 10.1. The van der Waals surface area contributed by atoms with Gasteiger partial charge in [-0.2, -0.15) is 0 Å². The normalized spacial score (nSPS) is 10.1. The molecule has 8 nitrogen and oxygen atoms in total. The molecule has 0 aliphatic rings. The molecule has 2 aromatic rings. The highest BCUT2D eigenvalue weighted by atomic mass is 16.6. The molecule has 1 aromatic carbocycles. The summed E-state index contributed by atoms with van der Waals surface area (Å²) in [5.74, 6) is -0.820. The summed E-state index contributed by atoms with van der Waals surface area (Å²) in [6.07, 6.45) is 0. The highest BCUT2D eigenvalue weighted by Crippen LogP contribution is 2.21. The third kappa shape index (κ3) is 2.91. The van der Waals surface area contributed by atoms with Crippen LogP contribution in [0.5, 0.6) is 0 Å². The Bertz CT molecular complexity index is 665. The van der Waals surface area contributed by atoms with Crippen LogP contribution in [0.1, 0.15) is 23.0 Å². The molecule has 0 atom stereocenters. The second-order valence-electron chi connectivity index (χ2n) is 4.16. The Kier molecular flexibility index (Phi) is 3.65. The number of nitrogens with zero attached hydrogens (tertiary/aromatic N) is 2. The molecule has 4 N–H and O–H groups in total. The smallest absolute Gasteiger partial charge is 0.281 e. The van der Waals surface area contributed by atoms with Gasteiger partial charge >= 0.3 is 0 Å². The van der Waals surface area contributed by atoms with Gasteiger partial charge in [-0.1, -0.05) is 6.07 Å². The van der Waals surface area contributed by atoms with E-state index in [-0.39, 0.29) is 17.4 Å². The Morgan fingerprint density at radius 2 is 2.00 bits per heavy atom. The number of hydrogen-bond acceptors (Lipinski definition) is 6. The van der Waals surface area contributed by atoms with E-state index < -0.39 is 5.91 Å². The average molecular weight is 275 g/mol. The Balaban J connectivity index is 2.20. The Morgan fingerprint density at radius 3 is 2.60 bits per heavy atom. The number of carbonyl (C=O) groups excluding carboxylic acids is 2. The van der Waals surface area contributed by atoms with E-state index in [2.05, 4.69) is 25.6 Å². The fourth-order valence-electron chi connectivity index (χ4n) is 1.57. The summed E-state index contributed by atoms with van der Waals surface area (Å²) in [4.78, 5) is 23.0. The lowest BCUT2D eigenvalue weighted by Gasteiger charge is -2.09. The van der Waals surface area contributed by atoms with E-state index in [4.69, 9.17) is 5.73 Å². The van der Waals surface area contributed by atoms with Crippen molar-refractivity contribution >= 4 is 29.0 Å². The van der Waals surface area contributed by atoms with Crippen molar-refractivity contribution in [2.45, 2.75) is 13.8 Å². The number of benzene rings is 1. The van der Waals surface area contributed by atoms with Crippen molar-refractivity contribution in [2.24, 2.45) is 0 Å². The highest BCUT2D eigenvalue weighted by Gasteiger charge is 2.16. The van der Waals surface area contributed by atoms with Gasteiger partial charge in [-0.3, -0.25) is 9.59 Å². The second-order valence-corrected chi connectivity index (χ2v) is 4.16. The summed E-state index contributed by atoms with van der Waals surface area (Å²) in [6, 6.07) is 5.10. The number of amides is 2. The Morgan fingerprint density at radius 1 is 1.25 bits per heavy atom. The van der Waals surface area contributed by atoms with Crippen LogP contribution in [0.3, 0.4) is 0 Å². The molecule has 0 aliphatic carbocycles. The minimum atomic E-state index is -0.540. The van der Waals surface area contributed by atoms with Gasteiger partial charge in [0, 0.05) is 18.3 Å². The van der Waals surface area contributed by atoms with Crippen LogP contribution in [-0.2, 0) is 4.79 Å². The largest absolute Gasteiger partial charge is 0.379 e. The lowest BCUT2D eigenvalue weighted by Crippen LogP contribution is -2.15. The maximum absolute atomic E-state index is 11.9. The molecule has 1 heterocycles. The van der Waals surface area contributed by atoms with Gasteiger partial charge in [0.05, 0.1) is 0 Å². The van der Waals surface area contributed by atoms with E-state index in [9.17, 15) is 9.59 Å². The second kappa shape index (κ2) is 5.39. The van der Waals surface area contributed by atoms with Gasteiger partial charge in [0.1, 0.15) is 0 Å². The van der Waals surface area contributed by atoms with Crippen LogP contribution in [0.4, 0.5) is 17.2 Å². The molecular weight excluding hydrogens is 262 g/mol. The topological polar surface area (TPSA) is 123 Å². The zero-order valence-electron chi connectivity index (χ0n) is 10.9. The number of nitrogens with two attached hydrogens (primary N) is 1. The van der Waals surface area contributed by atoms with Crippen molar-refractivity contribution in [3.63, 3.8) is 0 Å².